The molecule has 0 radical (unpaired) electrons. The summed E-state index contributed by atoms with van der Waals surface area (Å²) in [7, 11) is 0. The van der Waals surface area contributed by atoms with Crippen LogP contribution in [0, 0.1) is 20.8 Å². The SMILES string of the molecule is CCCNCc1oc(Cn2nc(C)c(Cl)c2C)cc1C. The van der Waals surface area contributed by atoms with E-state index in [4.69, 9.17) is 16.0 Å². The van der Waals surface area contributed by atoms with E-state index < -0.39 is 0 Å². The molecule has 0 spiro atoms. The van der Waals surface area contributed by atoms with Crippen LogP contribution in [0.2, 0.25) is 5.02 Å². The lowest BCUT2D eigenvalue weighted by Crippen LogP contribution is -2.13. The predicted molar refractivity (Wildman–Crippen MR) is 81.3 cm³/mol. The highest BCUT2D eigenvalue weighted by atomic mass is 35.5. The molecule has 0 aliphatic carbocycles. The second kappa shape index (κ2) is 6.46. The monoisotopic (exact) mass is 295 g/mol. The van der Waals surface area contributed by atoms with Crippen LogP contribution in [0.25, 0.3) is 0 Å². The fourth-order valence-electron chi connectivity index (χ4n) is 2.20. The number of hydrogen-bond donors (Lipinski definition) is 1. The molecule has 20 heavy (non-hydrogen) atoms. The van der Waals surface area contributed by atoms with Gasteiger partial charge in [0.15, 0.2) is 0 Å². The highest BCUT2D eigenvalue weighted by molar-refractivity contribution is 6.31. The van der Waals surface area contributed by atoms with Crippen LogP contribution < -0.4 is 5.32 Å². The maximum atomic E-state index is 6.16. The van der Waals surface area contributed by atoms with Crippen LogP contribution in [-0.2, 0) is 13.1 Å². The van der Waals surface area contributed by atoms with Crippen molar-refractivity contribution >= 4 is 11.6 Å². The van der Waals surface area contributed by atoms with Gasteiger partial charge in [-0.3, -0.25) is 4.68 Å². The van der Waals surface area contributed by atoms with Gasteiger partial charge in [0, 0.05) is 0 Å². The van der Waals surface area contributed by atoms with Crippen molar-refractivity contribution in [2.75, 3.05) is 6.54 Å². The van der Waals surface area contributed by atoms with Crippen LogP contribution in [0.1, 0.15) is 41.8 Å². The van der Waals surface area contributed by atoms with Gasteiger partial charge in [0.05, 0.1) is 29.5 Å². The smallest absolute Gasteiger partial charge is 0.126 e. The van der Waals surface area contributed by atoms with Gasteiger partial charge in [0.25, 0.3) is 0 Å². The third-order valence-electron chi connectivity index (χ3n) is 3.38. The molecule has 0 bridgehead atoms. The Morgan fingerprint density at radius 2 is 2.10 bits per heavy atom. The summed E-state index contributed by atoms with van der Waals surface area (Å²) in [5, 5.41) is 8.52. The van der Waals surface area contributed by atoms with Crippen molar-refractivity contribution in [2.24, 2.45) is 0 Å². The number of aromatic nitrogens is 2. The van der Waals surface area contributed by atoms with Gasteiger partial charge < -0.3 is 9.73 Å². The number of aryl methyl sites for hydroxylation is 2. The predicted octanol–water partition coefficient (Wildman–Crippen LogP) is 3.60. The quantitative estimate of drug-likeness (QED) is 0.828. The first kappa shape index (κ1) is 15.1. The first-order valence-corrected chi connectivity index (χ1v) is 7.39. The molecular weight excluding hydrogens is 274 g/mol. The fourth-order valence-corrected chi connectivity index (χ4v) is 2.33. The highest BCUT2D eigenvalue weighted by Crippen LogP contribution is 2.21. The fraction of sp³-hybridized carbons (Fsp3) is 0.533. The summed E-state index contributed by atoms with van der Waals surface area (Å²) < 4.78 is 7.79. The minimum absolute atomic E-state index is 0.619. The summed E-state index contributed by atoms with van der Waals surface area (Å²) in [6.07, 6.45) is 1.12. The number of halogens is 1. The summed E-state index contributed by atoms with van der Waals surface area (Å²) in [6.45, 7) is 10.5. The number of nitrogens with zero attached hydrogens (tertiary/aromatic N) is 2. The minimum Gasteiger partial charge on any atom is -0.462 e. The van der Waals surface area contributed by atoms with Crippen LogP contribution in [0.5, 0.6) is 0 Å². The van der Waals surface area contributed by atoms with E-state index in [0.29, 0.717) is 6.54 Å². The van der Waals surface area contributed by atoms with Crippen LogP contribution in [0.15, 0.2) is 10.5 Å². The molecule has 2 rings (SSSR count). The lowest BCUT2D eigenvalue weighted by molar-refractivity contribution is 0.427. The largest absolute Gasteiger partial charge is 0.462 e. The number of hydrogen-bond acceptors (Lipinski definition) is 3. The zero-order valence-electron chi connectivity index (χ0n) is 12.6. The summed E-state index contributed by atoms with van der Waals surface area (Å²) in [6, 6.07) is 2.08. The van der Waals surface area contributed by atoms with Crippen molar-refractivity contribution in [2.45, 2.75) is 47.2 Å². The van der Waals surface area contributed by atoms with E-state index in [1.165, 1.54) is 5.56 Å². The standard InChI is InChI=1S/C15H22ClN3O/c1-5-6-17-8-14-10(2)7-13(20-14)9-19-12(4)15(16)11(3)18-19/h7,17H,5-6,8-9H2,1-4H3. The summed E-state index contributed by atoms with van der Waals surface area (Å²) >= 11 is 6.16. The van der Waals surface area contributed by atoms with Gasteiger partial charge in [-0.1, -0.05) is 18.5 Å². The molecule has 2 heterocycles. The second-order valence-corrected chi connectivity index (χ2v) is 5.52. The average Bonchev–Trinajstić information content (AvgIpc) is 2.87. The van der Waals surface area contributed by atoms with Crippen molar-refractivity contribution in [1.29, 1.82) is 0 Å². The van der Waals surface area contributed by atoms with E-state index in [-0.39, 0.29) is 0 Å². The molecule has 110 valence electrons. The van der Waals surface area contributed by atoms with Gasteiger partial charge in [-0.2, -0.15) is 5.10 Å². The number of rotatable bonds is 6. The first-order chi connectivity index (χ1) is 9.52. The van der Waals surface area contributed by atoms with Crippen molar-refractivity contribution in [3.05, 3.63) is 39.6 Å². The van der Waals surface area contributed by atoms with Gasteiger partial charge in [-0.05, 0) is 45.4 Å². The average molecular weight is 296 g/mol. The third kappa shape index (κ3) is 3.25. The lowest BCUT2D eigenvalue weighted by Gasteiger charge is -2.02. The Labute approximate surface area is 125 Å². The molecule has 0 amide bonds. The minimum atomic E-state index is 0.619. The van der Waals surface area contributed by atoms with Gasteiger partial charge in [-0.25, -0.2) is 0 Å². The number of nitrogens with one attached hydrogen (secondary N) is 1. The Kier molecular flexibility index (Phi) is 4.89. The van der Waals surface area contributed by atoms with E-state index in [1.807, 2.05) is 18.5 Å². The number of furan rings is 1. The van der Waals surface area contributed by atoms with Crippen LogP contribution in [-0.4, -0.2) is 16.3 Å². The van der Waals surface area contributed by atoms with Crippen molar-refractivity contribution in [3.63, 3.8) is 0 Å². The molecule has 1 N–H and O–H groups in total. The van der Waals surface area contributed by atoms with Gasteiger partial charge in [0.2, 0.25) is 0 Å². The molecule has 0 aromatic carbocycles. The Morgan fingerprint density at radius 1 is 1.35 bits per heavy atom. The molecule has 0 saturated carbocycles. The molecule has 0 unspecified atom stereocenters. The van der Waals surface area contributed by atoms with Crippen molar-refractivity contribution in [3.8, 4) is 0 Å². The van der Waals surface area contributed by atoms with Gasteiger partial charge >= 0.3 is 0 Å². The molecule has 0 fully saturated rings. The molecule has 0 aliphatic rings. The van der Waals surface area contributed by atoms with E-state index in [2.05, 4.69) is 30.3 Å². The zero-order valence-corrected chi connectivity index (χ0v) is 13.3. The first-order valence-electron chi connectivity index (χ1n) is 7.01. The Hall–Kier alpha value is -1.26. The maximum Gasteiger partial charge on any atom is 0.126 e. The van der Waals surface area contributed by atoms with Gasteiger partial charge in [0.1, 0.15) is 11.5 Å². The van der Waals surface area contributed by atoms with Crippen LogP contribution in [0.3, 0.4) is 0 Å². The lowest BCUT2D eigenvalue weighted by atomic mass is 10.2. The summed E-state index contributed by atoms with van der Waals surface area (Å²) in [5.74, 6) is 1.92. The molecule has 0 saturated heterocycles. The van der Waals surface area contributed by atoms with E-state index in [9.17, 15) is 0 Å². The Balaban J connectivity index is 2.10. The van der Waals surface area contributed by atoms with E-state index in [0.717, 1.165) is 47.4 Å². The van der Waals surface area contributed by atoms with Crippen molar-refractivity contribution < 1.29 is 4.42 Å². The molecule has 0 atom stereocenters. The molecule has 5 heteroatoms. The molecule has 2 aromatic rings. The summed E-state index contributed by atoms with van der Waals surface area (Å²) in [4.78, 5) is 0. The third-order valence-corrected chi connectivity index (χ3v) is 3.93. The normalized spacial score (nSPS) is 11.2. The summed E-state index contributed by atoms with van der Waals surface area (Å²) in [5.41, 5.74) is 3.01. The molecule has 2 aromatic heterocycles. The molecular formula is C15H22ClN3O. The zero-order chi connectivity index (χ0) is 14.7. The topological polar surface area (TPSA) is 43.0 Å². The molecule has 0 aliphatic heterocycles. The molecule has 4 nitrogen and oxygen atoms in total. The van der Waals surface area contributed by atoms with Crippen LogP contribution in [0.4, 0.5) is 0 Å². The Bertz CT molecular complexity index is 586. The van der Waals surface area contributed by atoms with Crippen molar-refractivity contribution in [1.82, 2.24) is 15.1 Å². The highest BCUT2D eigenvalue weighted by Gasteiger charge is 2.12. The second-order valence-electron chi connectivity index (χ2n) is 5.14. The van der Waals surface area contributed by atoms with Gasteiger partial charge in [-0.15, -0.1) is 0 Å². The van der Waals surface area contributed by atoms with Crippen LogP contribution >= 0.6 is 11.6 Å². The Morgan fingerprint density at radius 3 is 2.70 bits per heavy atom. The maximum absolute atomic E-state index is 6.16. The van der Waals surface area contributed by atoms with E-state index >= 15 is 0 Å². The van der Waals surface area contributed by atoms with E-state index in [1.54, 1.807) is 0 Å².